The monoisotopic (exact) mass is 487 g/mol. The second-order valence-corrected chi connectivity index (χ2v) is 10.7. The first-order valence-corrected chi connectivity index (χ1v) is 13.4. The van der Waals surface area contributed by atoms with Crippen LogP contribution in [0.1, 0.15) is 0 Å². The number of fused-ring (bicyclic) bond motifs is 9. The molecule has 0 aliphatic carbocycles. The van der Waals surface area contributed by atoms with Crippen LogP contribution in [0.2, 0.25) is 0 Å². The highest BCUT2D eigenvalue weighted by Crippen LogP contribution is 2.38. The van der Waals surface area contributed by atoms with Crippen LogP contribution >= 0.6 is 11.3 Å². The second-order valence-electron chi connectivity index (χ2n) is 9.57. The van der Waals surface area contributed by atoms with Crippen LogP contribution in [0.4, 0.5) is 0 Å². The molecule has 172 valence electrons. The molecule has 0 unspecified atom stereocenters. The molecule has 0 saturated carbocycles. The van der Waals surface area contributed by atoms with Gasteiger partial charge < -0.3 is 0 Å². The molecule has 0 bridgehead atoms. The van der Waals surface area contributed by atoms with E-state index in [9.17, 15) is 0 Å². The van der Waals surface area contributed by atoms with E-state index in [1.165, 1.54) is 52.5 Å². The molecule has 2 aromatic heterocycles. The van der Waals surface area contributed by atoms with E-state index < -0.39 is 0 Å². The summed E-state index contributed by atoms with van der Waals surface area (Å²) in [5, 5.41) is 10.3. The number of pyridine rings is 1. The third-order valence-electron chi connectivity index (χ3n) is 7.46. The Hall–Kier alpha value is -4.53. The number of aromatic nitrogens is 1. The Kier molecular flexibility index (Phi) is 4.46. The summed E-state index contributed by atoms with van der Waals surface area (Å²) in [6.45, 7) is 0. The zero-order chi connectivity index (χ0) is 24.3. The Bertz CT molecular complexity index is 2120. The van der Waals surface area contributed by atoms with Crippen molar-refractivity contribution in [3.05, 3.63) is 127 Å². The van der Waals surface area contributed by atoms with Gasteiger partial charge in [-0.15, -0.1) is 11.3 Å². The molecular weight excluding hydrogens is 466 g/mol. The molecule has 8 aromatic rings. The largest absolute Gasteiger partial charge is 0.248 e. The van der Waals surface area contributed by atoms with Crippen LogP contribution in [0.15, 0.2) is 127 Å². The van der Waals surface area contributed by atoms with E-state index in [0.717, 1.165) is 22.5 Å². The molecule has 1 nitrogen and oxygen atoms in total. The maximum atomic E-state index is 5.14. The van der Waals surface area contributed by atoms with E-state index in [0.29, 0.717) is 0 Å². The minimum absolute atomic E-state index is 0.993. The van der Waals surface area contributed by atoms with E-state index in [2.05, 4.69) is 127 Å². The van der Waals surface area contributed by atoms with Crippen LogP contribution in [-0.2, 0) is 0 Å². The van der Waals surface area contributed by atoms with E-state index in [1.807, 2.05) is 11.3 Å². The lowest BCUT2D eigenvalue weighted by Crippen LogP contribution is -1.89. The molecule has 0 N–H and O–H groups in total. The third kappa shape index (κ3) is 3.20. The first-order chi connectivity index (χ1) is 18.3. The Morgan fingerprint density at radius 1 is 0.351 bits per heavy atom. The van der Waals surface area contributed by atoms with Crippen LogP contribution in [0.3, 0.4) is 0 Å². The van der Waals surface area contributed by atoms with Gasteiger partial charge in [-0.05, 0) is 68.7 Å². The molecule has 6 aromatic carbocycles. The van der Waals surface area contributed by atoms with E-state index in [1.54, 1.807) is 0 Å². The molecule has 0 atom stereocenters. The van der Waals surface area contributed by atoms with Crippen LogP contribution in [0, 0.1) is 0 Å². The van der Waals surface area contributed by atoms with Crippen LogP contribution in [-0.4, -0.2) is 4.98 Å². The van der Waals surface area contributed by atoms with Crippen molar-refractivity contribution in [2.24, 2.45) is 0 Å². The quantitative estimate of drug-likeness (QED) is 0.221. The van der Waals surface area contributed by atoms with E-state index in [4.69, 9.17) is 4.98 Å². The maximum Gasteiger partial charge on any atom is 0.0709 e. The smallest absolute Gasteiger partial charge is 0.0709 e. The summed E-state index contributed by atoms with van der Waals surface area (Å²) < 4.78 is 2.64. The van der Waals surface area contributed by atoms with Crippen molar-refractivity contribution < 1.29 is 0 Å². The average Bonchev–Trinajstić information content (AvgIpc) is 3.35. The van der Waals surface area contributed by atoms with Gasteiger partial charge in [-0.1, -0.05) is 91.0 Å². The molecule has 37 heavy (non-hydrogen) atoms. The van der Waals surface area contributed by atoms with Gasteiger partial charge in [-0.2, -0.15) is 0 Å². The Morgan fingerprint density at radius 3 is 1.51 bits per heavy atom. The fourth-order valence-corrected chi connectivity index (χ4v) is 6.80. The number of rotatable bonds is 2. The highest BCUT2D eigenvalue weighted by atomic mass is 32.1. The standard InChI is InChI=1S/C35H21NS/c1-2-10-26-24(8-1)25-9-3-4-11-27(25)30-20-22(16-18-28(26)30)32-13-7-14-33(36-32)23-17-19-35-31(21-23)29-12-5-6-15-34(29)37-35/h1-21H. The van der Waals surface area contributed by atoms with Crippen molar-refractivity contribution >= 4 is 63.8 Å². The zero-order valence-corrected chi connectivity index (χ0v) is 20.8. The first kappa shape index (κ1) is 20.6. The fraction of sp³-hybridized carbons (Fsp3) is 0. The van der Waals surface area contributed by atoms with Crippen molar-refractivity contribution in [2.45, 2.75) is 0 Å². The number of benzene rings is 6. The van der Waals surface area contributed by atoms with E-state index >= 15 is 0 Å². The lowest BCUT2D eigenvalue weighted by atomic mass is 9.93. The Morgan fingerprint density at radius 2 is 0.838 bits per heavy atom. The van der Waals surface area contributed by atoms with E-state index in [-0.39, 0.29) is 0 Å². The summed E-state index contributed by atoms with van der Waals surface area (Å²) in [6.07, 6.45) is 0. The van der Waals surface area contributed by atoms with Gasteiger partial charge in [-0.25, -0.2) is 4.98 Å². The van der Waals surface area contributed by atoms with Gasteiger partial charge in [0.05, 0.1) is 11.4 Å². The minimum atomic E-state index is 0.993. The van der Waals surface area contributed by atoms with Gasteiger partial charge in [0.15, 0.2) is 0 Å². The minimum Gasteiger partial charge on any atom is -0.248 e. The second kappa shape index (κ2) is 7.99. The summed E-state index contributed by atoms with van der Waals surface area (Å²) in [5.41, 5.74) is 4.28. The predicted molar refractivity (Wildman–Crippen MR) is 161 cm³/mol. The summed E-state index contributed by atoms with van der Waals surface area (Å²) in [7, 11) is 0. The summed E-state index contributed by atoms with van der Waals surface area (Å²) >= 11 is 1.85. The summed E-state index contributed by atoms with van der Waals surface area (Å²) in [6, 6.07) is 45.9. The molecule has 0 radical (unpaired) electrons. The summed E-state index contributed by atoms with van der Waals surface area (Å²) in [5.74, 6) is 0. The van der Waals surface area contributed by atoms with Crippen molar-refractivity contribution in [1.82, 2.24) is 4.98 Å². The number of hydrogen-bond donors (Lipinski definition) is 0. The lowest BCUT2D eigenvalue weighted by Gasteiger charge is -2.12. The molecule has 0 fully saturated rings. The molecule has 0 spiro atoms. The normalized spacial score (nSPS) is 11.8. The molecule has 2 heterocycles. The van der Waals surface area contributed by atoms with Crippen LogP contribution in [0.25, 0.3) is 75.0 Å². The van der Waals surface area contributed by atoms with Crippen LogP contribution < -0.4 is 0 Å². The third-order valence-corrected chi connectivity index (χ3v) is 8.61. The maximum absolute atomic E-state index is 5.14. The van der Waals surface area contributed by atoms with Crippen molar-refractivity contribution in [3.8, 4) is 22.5 Å². The van der Waals surface area contributed by atoms with Gasteiger partial charge >= 0.3 is 0 Å². The fourth-order valence-electron chi connectivity index (χ4n) is 5.71. The van der Waals surface area contributed by atoms with Crippen LogP contribution in [0.5, 0.6) is 0 Å². The topological polar surface area (TPSA) is 12.9 Å². The van der Waals surface area contributed by atoms with Crippen molar-refractivity contribution in [1.29, 1.82) is 0 Å². The zero-order valence-electron chi connectivity index (χ0n) is 20.0. The molecule has 0 saturated heterocycles. The SMILES string of the molecule is c1cc(-c2ccc3sc4ccccc4c3c2)nc(-c2ccc3c4ccccc4c4ccccc4c3c2)c1. The van der Waals surface area contributed by atoms with Crippen molar-refractivity contribution in [3.63, 3.8) is 0 Å². The Labute approximate surface area is 218 Å². The lowest BCUT2D eigenvalue weighted by molar-refractivity contribution is 1.33. The number of thiophene rings is 1. The average molecular weight is 488 g/mol. The molecule has 2 heteroatoms. The first-order valence-electron chi connectivity index (χ1n) is 12.6. The highest BCUT2D eigenvalue weighted by molar-refractivity contribution is 7.25. The molecule has 0 aliphatic heterocycles. The van der Waals surface area contributed by atoms with Gasteiger partial charge in [0.25, 0.3) is 0 Å². The number of hydrogen-bond acceptors (Lipinski definition) is 2. The molecular formula is C35H21NS. The summed E-state index contributed by atoms with van der Waals surface area (Å²) in [4.78, 5) is 5.14. The van der Waals surface area contributed by atoms with Gasteiger partial charge in [-0.3, -0.25) is 0 Å². The highest BCUT2D eigenvalue weighted by Gasteiger charge is 2.11. The predicted octanol–water partition coefficient (Wildman–Crippen LogP) is 10.2. The van der Waals surface area contributed by atoms with Crippen molar-refractivity contribution in [2.75, 3.05) is 0 Å². The van der Waals surface area contributed by atoms with Gasteiger partial charge in [0.2, 0.25) is 0 Å². The molecule has 8 rings (SSSR count). The molecule has 0 aliphatic rings. The van der Waals surface area contributed by atoms with Gasteiger partial charge in [0, 0.05) is 31.3 Å². The molecule has 0 amide bonds. The van der Waals surface area contributed by atoms with Gasteiger partial charge in [0.1, 0.15) is 0 Å². The Balaban J connectivity index is 1.31. The number of nitrogens with zero attached hydrogens (tertiary/aromatic N) is 1.